The number of carbonyl (C=O) groups excluding carboxylic acids is 1. The summed E-state index contributed by atoms with van der Waals surface area (Å²) in [5.41, 5.74) is 5.81. The van der Waals surface area contributed by atoms with E-state index in [1.165, 1.54) is 0 Å². The number of aliphatic hydroxyl groups excluding tert-OH is 1. The highest BCUT2D eigenvalue weighted by atomic mass is 16.5. The molecule has 2 N–H and O–H groups in total. The molecule has 1 aliphatic heterocycles. The van der Waals surface area contributed by atoms with E-state index in [9.17, 15) is 9.90 Å². The van der Waals surface area contributed by atoms with Gasteiger partial charge in [-0.05, 0) is 68.8 Å². The minimum atomic E-state index is -0.228. The largest absolute Gasteiger partial charge is 0.506 e. The van der Waals surface area contributed by atoms with Crippen LogP contribution in [0.15, 0.2) is 81.7 Å². The van der Waals surface area contributed by atoms with Crippen molar-refractivity contribution in [2.24, 2.45) is 5.41 Å². The van der Waals surface area contributed by atoms with Crippen LogP contribution in [-0.2, 0) is 5.41 Å². The van der Waals surface area contributed by atoms with E-state index in [1.807, 2.05) is 98.7 Å². The monoisotopic (exact) mass is 566 g/mol. The standard InChI is InChI=1S/C36H40N2O4/c1-35(2,3)31-17-21(25-13-11-23(37(7)8)19-29(25)41-31)15-27-33(39)28(34(27)40)16-22-18-32(36(4,5)6)42-30-20-24(38(9)10)12-14-26(22)30/h11-20H,1-10H3/p+2. The Kier molecular flexibility index (Phi) is 7.08. The van der Waals surface area contributed by atoms with Crippen LogP contribution in [0.4, 0.5) is 11.4 Å². The third-order valence-electron chi connectivity index (χ3n) is 7.70. The van der Waals surface area contributed by atoms with Gasteiger partial charge in [0.25, 0.3) is 0 Å². The lowest BCUT2D eigenvalue weighted by Gasteiger charge is -2.29. The molecule has 6 nitrogen and oxygen atoms in total. The second-order valence-corrected chi connectivity index (χ2v) is 13.6. The predicted octanol–water partition coefficient (Wildman–Crippen LogP) is 8.30. The Hall–Kier alpha value is -4.32. The van der Waals surface area contributed by atoms with Gasteiger partial charge < -0.3 is 19.6 Å². The van der Waals surface area contributed by atoms with Gasteiger partial charge in [-0.15, -0.1) is 0 Å². The van der Waals surface area contributed by atoms with Crippen molar-refractivity contribution in [1.29, 1.82) is 0 Å². The molecule has 0 spiro atoms. The van der Waals surface area contributed by atoms with E-state index >= 15 is 0 Å². The maximum atomic E-state index is 11.2. The van der Waals surface area contributed by atoms with Crippen molar-refractivity contribution < 1.29 is 19.1 Å². The van der Waals surface area contributed by atoms with Crippen molar-refractivity contribution >= 4 is 39.8 Å². The van der Waals surface area contributed by atoms with Crippen LogP contribution in [-0.4, -0.2) is 43.9 Å². The van der Waals surface area contributed by atoms with Gasteiger partial charge in [0.1, 0.15) is 28.4 Å². The fraction of sp³-hybridized carbons (Fsp3) is 0.333. The molecule has 1 aliphatic carbocycles. The van der Waals surface area contributed by atoms with Crippen LogP contribution in [0.3, 0.4) is 0 Å². The number of aliphatic hydroxyl groups is 1. The zero-order valence-electron chi connectivity index (χ0n) is 26.4. The van der Waals surface area contributed by atoms with E-state index in [4.69, 9.17) is 9.15 Å². The molecule has 2 heterocycles. The number of ketones is 1. The van der Waals surface area contributed by atoms with Crippen molar-refractivity contribution in [3.63, 3.8) is 0 Å². The predicted molar refractivity (Wildman–Crippen MR) is 175 cm³/mol. The summed E-state index contributed by atoms with van der Waals surface area (Å²) in [6.45, 7) is 12.6. The number of nitrogens with zero attached hydrogens (tertiary/aromatic N) is 2. The molecule has 6 heteroatoms. The van der Waals surface area contributed by atoms with Crippen LogP contribution >= 0.6 is 0 Å². The van der Waals surface area contributed by atoms with Gasteiger partial charge in [0.2, 0.25) is 0 Å². The van der Waals surface area contributed by atoms with Gasteiger partial charge in [-0.25, -0.2) is 4.42 Å². The molecule has 0 unspecified atom stereocenters. The van der Waals surface area contributed by atoms with E-state index in [1.54, 1.807) is 0 Å². The normalized spacial score (nSPS) is 17.3. The molecule has 0 saturated carbocycles. The van der Waals surface area contributed by atoms with Crippen LogP contribution in [0, 0.1) is 5.41 Å². The smallest absolute Gasteiger partial charge is 0.362 e. The maximum absolute atomic E-state index is 11.2. The fourth-order valence-electron chi connectivity index (χ4n) is 4.97. The molecule has 0 atom stereocenters. The molecule has 0 bridgehead atoms. The van der Waals surface area contributed by atoms with Crippen LogP contribution in [0.5, 0.6) is 5.75 Å². The zero-order chi connectivity index (χ0) is 30.7. The fourth-order valence-corrected chi connectivity index (χ4v) is 4.97. The molecule has 2 aliphatic rings. The van der Waals surface area contributed by atoms with Gasteiger partial charge in [0.15, 0.2) is 0 Å². The van der Waals surface area contributed by atoms with E-state index in [-0.39, 0.29) is 22.4 Å². The van der Waals surface area contributed by atoms with E-state index in [0.717, 1.165) is 56.3 Å². The number of anilines is 2. The van der Waals surface area contributed by atoms with Crippen molar-refractivity contribution in [3.05, 3.63) is 94.2 Å². The first kappa shape index (κ1) is 29.2. The number of ether oxygens (including phenoxy) is 1. The molecule has 0 saturated heterocycles. The molecule has 5 rings (SSSR count). The van der Waals surface area contributed by atoms with Gasteiger partial charge in [-0.1, -0.05) is 20.8 Å². The lowest BCUT2D eigenvalue weighted by molar-refractivity contribution is 0.291. The van der Waals surface area contributed by atoms with Gasteiger partial charge in [0, 0.05) is 68.2 Å². The first-order valence-corrected chi connectivity index (χ1v) is 14.3. The zero-order valence-corrected chi connectivity index (χ0v) is 26.4. The highest BCUT2D eigenvalue weighted by molar-refractivity contribution is 6.25. The summed E-state index contributed by atoms with van der Waals surface area (Å²) in [7, 11) is 7.98. The average molecular weight is 567 g/mol. The Morgan fingerprint density at radius 1 is 0.833 bits per heavy atom. The summed E-state index contributed by atoms with van der Waals surface area (Å²) < 4.78 is 12.7. The van der Waals surface area contributed by atoms with Gasteiger partial charge in [0.05, 0.1) is 16.9 Å². The molecule has 0 fully saturated rings. The quantitative estimate of drug-likeness (QED) is 0.254. The van der Waals surface area contributed by atoms with Crippen molar-refractivity contribution in [2.75, 3.05) is 38.0 Å². The van der Waals surface area contributed by atoms with E-state index in [0.29, 0.717) is 11.1 Å². The third-order valence-corrected chi connectivity index (χ3v) is 7.70. The molecular formula is C36H42N2O4+2. The maximum Gasteiger partial charge on any atom is 0.362 e. The summed E-state index contributed by atoms with van der Waals surface area (Å²) in [5, 5.41) is 12.1. The Balaban J connectivity index is 1.62. The van der Waals surface area contributed by atoms with Crippen molar-refractivity contribution in [2.45, 2.75) is 47.0 Å². The second kappa shape index (κ2) is 10.2. The Morgan fingerprint density at radius 2 is 1.48 bits per heavy atom. The van der Waals surface area contributed by atoms with E-state index in [2.05, 4.69) is 41.5 Å². The van der Waals surface area contributed by atoms with Crippen LogP contribution in [0.1, 0.15) is 58.4 Å². The topological polar surface area (TPSA) is 68.6 Å². The summed E-state index contributed by atoms with van der Waals surface area (Å²) in [5.74, 6) is 2.50. The summed E-state index contributed by atoms with van der Waals surface area (Å²) in [6, 6.07) is 14.2. The van der Waals surface area contributed by atoms with Gasteiger partial charge in [-0.3, -0.25) is 4.79 Å². The highest BCUT2D eigenvalue weighted by Gasteiger charge is 2.40. The van der Waals surface area contributed by atoms with Gasteiger partial charge in [-0.2, -0.15) is 0 Å². The minimum absolute atomic E-state index is 0.0554. The summed E-state index contributed by atoms with van der Waals surface area (Å²) in [4.78, 5) is 15.3. The Morgan fingerprint density at radius 3 is 2.07 bits per heavy atom. The molecule has 218 valence electrons. The number of hydrogen-bond donors (Lipinski definition) is 1. The molecular weight excluding hydrogens is 524 g/mol. The Bertz CT molecular complexity index is 1740. The summed E-state index contributed by atoms with van der Waals surface area (Å²) in [6.07, 6.45) is 5.68. The first-order chi connectivity index (χ1) is 19.5. The molecule has 0 radical (unpaired) electrons. The minimum Gasteiger partial charge on any atom is -0.506 e. The van der Waals surface area contributed by atoms with Crippen LogP contribution < -0.4 is 14.5 Å². The van der Waals surface area contributed by atoms with Crippen molar-refractivity contribution in [1.82, 2.24) is 0 Å². The van der Waals surface area contributed by atoms with E-state index < -0.39 is 0 Å². The summed E-state index contributed by atoms with van der Waals surface area (Å²) >= 11 is 0. The lowest BCUT2D eigenvalue weighted by Crippen LogP contribution is -2.22. The SMILES string of the molecule is CN(C)c1ccc2c(c1)OC(C(C)(C)C)=CC2=CC1=C(O)C(=Cc2cc(C(C)(C)C)[o+]c3cc(N(C)C)ccc23)C1=[OH+]. The van der Waals surface area contributed by atoms with Crippen molar-refractivity contribution in [3.8, 4) is 5.75 Å². The highest BCUT2D eigenvalue weighted by Crippen LogP contribution is 2.43. The second-order valence-electron chi connectivity index (χ2n) is 13.6. The van der Waals surface area contributed by atoms with Gasteiger partial charge >= 0.3 is 17.1 Å². The van der Waals surface area contributed by atoms with Crippen LogP contribution in [0.2, 0.25) is 0 Å². The molecule has 3 aromatic rings. The average Bonchev–Trinajstić information content (AvgIpc) is 2.92. The number of hydrogen-bond acceptors (Lipinski definition) is 4. The number of allylic oxidation sites excluding steroid dienone is 6. The van der Waals surface area contributed by atoms with Crippen LogP contribution in [0.25, 0.3) is 22.6 Å². The molecule has 42 heavy (non-hydrogen) atoms. The number of rotatable bonds is 4. The lowest BCUT2D eigenvalue weighted by atomic mass is 9.83. The Labute approximate surface area is 248 Å². The number of benzene rings is 2. The molecule has 1 aromatic heterocycles. The number of fused-ring (bicyclic) bond motifs is 2. The molecule has 2 aromatic carbocycles. The molecule has 0 amide bonds. The third kappa shape index (κ3) is 5.34. The first-order valence-electron chi connectivity index (χ1n) is 14.3.